The molecule has 0 amide bonds. The van der Waals surface area contributed by atoms with Crippen LogP contribution in [0, 0.1) is 5.92 Å². The van der Waals surface area contributed by atoms with E-state index in [2.05, 4.69) is 6.92 Å². The second-order valence-corrected chi connectivity index (χ2v) is 3.77. The Hall–Kier alpha value is -0.200. The molecule has 2 heteroatoms. The van der Waals surface area contributed by atoms with E-state index in [0.29, 0.717) is 11.8 Å². The standard InChI is InChI=1S/C10H12Cl2/c1-8(7-11)6-9-4-2-3-5-10(9)12/h2-5,8H,6-7H2,1H3. The lowest BCUT2D eigenvalue weighted by molar-refractivity contribution is 0.655. The number of hydrogen-bond acceptors (Lipinski definition) is 0. The molecule has 0 heterocycles. The van der Waals surface area contributed by atoms with Gasteiger partial charge in [0.25, 0.3) is 0 Å². The SMILES string of the molecule is CC(CCl)Cc1ccccc1Cl. The van der Waals surface area contributed by atoms with Crippen LogP contribution in [0.1, 0.15) is 12.5 Å². The molecular weight excluding hydrogens is 191 g/mol. The summed E-state index contributed by atoms with van der Waals surface area (Å²) in [6.07, 6.45) is 0.961. The fourth-order valence-corrected chi connectivity index (χ4v) is 1.42. The highest BCUT2D eigenvalue weighted by Crippen LogP contribution is 2.18. The first kappa shape index (κ1) is 9.88. The first-order chi connectivity index (χ1) is 5.74. The van der Waals surface area contributed by atoms with Crippen molar-refractivity contribution in [2.24, 2.45) is 5.92 Å². The lowest BCUT2D eigenvalue weighted by atomic mass is 10.0. The summed E-state index contributed by atoms with van der Waals surface area (Å²) in [4.78, 5) is 0. The van der Waals surface area contributed by atoms with Gasteiger partial charge in [-0.1, -0.05) is 36.7 Å². The van der Waals surface area contributed by atoms with Crippen LogP contribution in [0.25, 0.3) is 0 Å². The van der Waals surface area contributed by atoms with E-state index in [1.54, 1.807) is 0 Å². The number of rotatable bonds is 3. The van der Waals surface area contributed by atoms with Crippen LogP contribution in [-0.2, 0) is 6.42 Å². The fourth-order valence-electron chi connectivity index (χ4n) is 1.09. The van der Waals surface area contributed by atoms with Crippen LogP contribution in [-0.4, -0.2) is 5.88 Å². The van der Waals surface area contributed by atoms with E-state index in [0.717, 1.165) is 11.4 Å². The third kappa shape index (κ3) is 2.69. The second-order valence-electron chi connectivity index (χ2n) is 3.06. The maximum absolute atomic E-state index is 5.98. The van der Waals surface area contributed by atoms with Gasteiger partial charge in [0, 0.05) is 10.9 Å². The fraction of sp³-hybridized carbons (Fsp3) is 0.400. The first-order valence-electron chi connectivity index (χ1n) is 4.03. The highest BCUT2D eigenvalue weighted by atomic mass is 35.5. The molecule has 0 spiro atoms. The minimum atomic E-state index is 0.492. The molecule has 66 valence electrons. The molecule has 1 atom stereocenters. The summed E-state index contributed by atoms with van der Waals surface area (Å²) in [5.74, 6) is 1.18. The lowest BCUT2D eigenvalue weighted by Gasteiger charge is -2.08. The zero-order valence-corrected chi connectivity index (χ0v) is 8.57. The Balaban J connectivity index is 2.69. The highest BCUT2D eigenvalue weighted by Gasteiger charge is 2.04. The molecule has 0 radical (unpaired) electrons. The molecule has 1 aromatic carbocycles. The van der Waals surface area contributed by atoms with Gasteiger partial charge < -0.3 is 0 Å². The normalized spacial score (nSPS) is 12.9. The Labute approximate surface area is 83.5 Å². The highest BCUT2D eigenvalue weighted by molar-refractivity contribution is 6.31. The van der Waals surface area contributed by atoms with Crippen LogP contribution in [0.3, 0.4) is 0 Å². The third-order valence-electron chi connectivity index (χ3n) is 1.79. The monoisotopic (exact) mass is 202 g/mol. The maximum Gasteiger partial charge on any atom is 0.0438 e. The van der Waals surface area contributed by atoms with Crippen LogP contribution < -0.4 is 0 Å². The second kappa shape index (κ2) is 4.74. The first-order valence-corrected chi connectivity index (χ1v) is 4.94. The van der Waals surface area contributed by atoms with E-state index >= 15 is 0 Å². The molecule has 0 bridgehead atoms. The largest absolute Gasteiger partial charge is 0.126 e. The molecule has 0 fully saturated rings. The van der Waals surface area contributed by atoms with Gasteiger partial charge in [0.1, 0.15) is 0 Å². The Bertz CT molecular complexity index is 245. The molecule has 0 aromatic heterocycles. The Morgan fingerprint density at radius 1 is 1.33 bits per heavy atom. The summed E-state index contributed by atoms with van der Waals surface area (Å²) >= 11 is 11.7. The molecule has 0 N–H and O–H groups in total. The van der Waals surface area contributed by atoms with Gasteiger partial charge in [0.2, 0.25) is 0 Å². The topological polar surface area (TPSA) is 0 Å². The molecule has 12 heavy (non-hydrogen) atoms. The average Bonchev–Trinajstić information content (AvgIpc) is 2.09. The van der Waals surface area contributed by atoms with E-state index in [4.69, 9.17) is 23.2 Å². The minimum Gasteiger partial charge on any atom is -0.126 e. The Morgan fingerprint density at radius 3 is 2.58 bits per heavy atom. The van der Waals surface area contributed by atoms with Gasteiger partial charge in [-0.15, -0.1) is 11.6 Å². The van der Waals surface area contributed by atoms with Crippen LogP contribution in [0.4, 0.5) is 0 Å². The summed E-state index contributed by atoms with van der Waals surface area (Å²) in [6.45, 7) is 2.12. The molecule has 0 aliphatic carbocycles. The molecule has 1 rings (SSSR count). The Morgan fingerprint density at radius 2 is 2.00 bits per heavy atom. The molecule has 0 aliphatic heterocycles. The van der Waals surface area contributed by atoms with E-state index in [-0.39, 0.29) is 0 Å². The molecule has 1 aromatic rings. The summed E-state index contributed by atoms with van der Waals surface area (Å²) < 4.78 is 0. The van der Waals surface area contributed by atoms with Crippen molar-refractivity contribution in [3.05, 3.63) is 34.9 Å². The number of alkyl halides is 1. The number of hydrogen-bond donors (Lipinski definition) is 0. The van der Waals surface area contributed by atoms with Gasteiger partial charge in [-0.3, -0.25) is 0 Å². The van der Waals surface area contributed by atoms with Crippen LogP contribution in [0.15, 0.2) is 24.3 Å². The van der Waals surface area contributed by atoms with Gasteiger partial charge in [-0.25, -0.2) is 0 Å². The van der Waals surface area contributed by atoms with E-state index in [1.807, 2.05) is 24.3 Å². The molecule has 0 aliphatic rings. The van der Waals surface area contributed by atoms with Crippen LogP contribution in [0.2, 0.25) is 5.02 Å². The van der Waals surface area contributed by atoms with Crippen molar-refractivity contribution in [1.29, 1.82) is 0 Å². The molecule has 0 saturated carbocycles. The number of halogens is 2. The van der Waals surface area contributed by atoms with Crippen molar-refractivity contribution in [3.8, 4) is 0 Å². The zero-order chi connectivity index (χ0) is 8.97. The smallest absolute Gasteiger partial charge is 0.0438 e. The van der Waals surface area contributed by atoms with Crippen molar-refractivity contribution >= 4 is 23.2 Å². The third-order valence-corrected chi connectivity index (χ3v) is 2.69. The van der Waals surface area contributed by atoms with Crippen LogP contribution in [0.5, 0.6) is 0 Å². The summed E-state index contributed by atoms with van der Waals surface area (Å²) in [7, 11) is 0. The van der Waals surface area contributed by atoms with Gasteiger partial charge in [-0.05, 0) is 24.0 Å². The summed E-state index contributed by atoms with van der Waals surface area (Å²) in [6, 6.07) is 7.91. The summed E-state index contributed by atoms with van der Waals surface area (Å²) in [5.41, 5.74) is 1.19. The molecule has 0 nitrogen and oxygen atoms in total. The van der Waals surface area contributed by atoms with Crippen molar-refractivity contribution in [1.82, 2.24) is 0 Å². The predicted molar refractivity (Wildman–Crippen MR) is 55.0 cm³/mol. The van der Waals surface area contributed by atoms with Crippen molar-refractivity contribution < 1.29 is 0 Å². The van der Waals surface area contributed by atoms with Crippen molar-refractivity contribution in [2.75, 3.05) is 5.88 Å². The number of benzene rings is 1. The molecule has 0 saturated heterocycles. The predicted octanol–water partition coefficient (Wildman–Crippen LogP) is 3.76. The van der Waals surface area contributed by atoms with Crippen molar-refractivity contribution in [2.45, 2.75) is 13.3 Å². The van der Waals surface area contributed by atoms with E-state index < -0.39 is 0 Å². The summed E-state index contributed by atoms with van der Waals surface area (Å²) in [5, 5.41) is 0.842. The molecule has 1 unspecified atom stereocenters. The minimum absolute atomic E-state index is 0.492. The quantitative estimate of drug-likeness (QED) is 0.656. The van der Waals surface area contributed by atoms with Crippen LogP contribution >= 0.6 is 23.2 Å². The molecular formula is C10H12Cl2. The van der Waals surface area contributed by atoms with Crippen molar-refractivity contribution in [3.63, 3.8) is 0 Å². The van der Waals surface area contributed by atoms with Gasteiger partial charge in [-0.2, -0.15) is 0 Å². The van der Waals surface area contributed by atoms with Gasteiger partial charge in [0.15, 0.2) is 0 Å². The Kier molecular flexibility index (Phi) is 3.90. The van der Waals surface area contributed by atoms with Gasteiger partial charge in [0.05, 0.1) is 0 Å². The van der Waals surface area contributed by atoms with E-state index in [1.165, 1.54) is 5.56 Å². The van der Waals surface area contributed by atoms with Gasteiger partial charge >= 0.3 is 0 Å². The van der Waals surface area contributed by atoms with E-state index in [9.17, 15) is 0 Å². The zero-order valence-electron chi connectivity index (χ0n) is 7.06. The maximum atomic E-state index is 5.98. The average molecular weight is 203 g/mol. The lowest BCUT2D eigenvalue weighted by Crippen LogP contribution is -2.01.